The topological polar surface area (TPSA) is 58.1 Å². The van der Waals surface area contributed by atoms with Gasteiger partial charge in [0.25, 0.3) is 5.91 Å². The number of piperidine rings is 1. The SMILES string of the molecule is CCN(CC1CCCNC1)C(=O)c1csnn1. The molecule has 1 fully saturated rings. The Balaban J connectivity index is 1.93. The van der Waals surface area contributed by atoms with Crippen LogP contribution in [0.3, 0.4) is 0 Å². The van der Waals surface area contributed by atoms with Gasteiger partial charge in [-0.05, 0) is 50.3 Å². The van der Waals surface area contributed by atoms with Gasteiger partial charge in [0.05, 0.1) is 0 Å². The fourth-order valence-electron chi connectivity index (χ4n) is 2.17. The van der Waals surface area contributed by atoms with Gasteiger partial charge < -0.3 is 10.2 Å². The van der Waals surface area contributed by atoms with Gasteiger partial charge in [-0.15, -0.1) is 5.10 Å². The molecular formula is C11H18N4OS. The summed E-state index contributed by atoms with van der Waals surface area (Å²) < 4.78 is 3.74. The second-order valence-corrected chi connectivity index (χ2v) is 4.96. The number of amides is 1. The Labute approximate surface area is 105 Å². The summed E-state index contributed by atoms with van der Waals surface area (Å²) in [6.45, 7) is 5.67. The zero-order chi connectivity index (χ0) is 12.1. The first-order valence-electron chi connectivity index (χ1n) is 6.08. The quantitative estimate of drug-likeness (QED) is 0.871. The van der Waals surface area contributed by atoms with E-state index in [1.165, 1.54) is 24.4 Å². The van der Waals surface area contributed by atoms with Crippen molar-refractivity contribution < 1.29 is 4.79 Å². The van der Waals surface area contributed by atoms with E-state index in [9.17, 15) is 4.79 Å². The number of carbonyl (C=O) groups is 1. The number of aromatic nitrogens is 2. The van der Waals surface area contributed by atoms with Crippen LogP contribution in [0.25, 0.3) is 0 Å². The Hall–Kier alpha value is -1.01. The summed E-state index contributed by atoms with van der Waals surface area (Å²) in [4.78, 5) is 14.0. The summed E-state index contributed by atoms with van der Waals surface area (Å²) in [5, 5.41) is 8.93. The Kier molecular flexibility index (Phi) is 4.44. The van der Waals surface area contributed by atoms with Crippen molar-refractivity contribution in [1.82, 2.24) is 19.8 Å². The van der Waals surface area contributed by atoms with E-state index in [-0.39, 0.29) is 5.91 Å². The Morgan fingerprint density at radius 2 is 2.59 bits per heavy atom. The first-order valence-corrected chi connectivity index (χ1v) is 6.92. The third-order valence-electron chi connectivity index (χ3n) is 3.13. The average Bonchev–Trinajstić information content (AvgIpc) is 2.90. The summed E-state index contributed by atoms with van der Waals surface area (Å²) in [7, 11) is 0. The lowest BCUT2D eigenvalue weighted by Crippen LogP contribution is -2.41. The highest BCUT2D eigenvalue weighted by atomic mass is 32.1. The fourth-order valence-corrected chi connectivity index (χ4v) is 2.60. The number of hydrogen-bond donors (Lipinski definition) is 1. The van der Waals surface area contributed by atoms with E-state index in [2.05, 4.69) is 14.9 Å². The van der Waals surface area contributed by atoms with Crippen molar-refractivity contribution in [2.75, 3.05) is 26.2 Å². The summed E-state index contributed by atoms with van der Waals surface area (Å²) >= 11 is 1.22. The molecule has 94 valence electrons. The second-order valence-electron chi connectivity index (χ2n) is 4.35. The molecule has 5 nitrogen and oxygen atoms in total. The highest BCUT2D eigenvalue weighted by Crippen LogP contribution is 2.13. The van der Waals surface area contributed by atoms with Crippen LogP contribution < -0.4 is 5.32 Å². The fraction of sp³-hybridized carbons (Fsp3) is 0.727. The highest BCUT2D eigenvalue weighted by molar-refractivity contribution is 7.03. The predicted octanol–water partition coefficient (Wildman–Crippen LogP) is 1.000. The van der Waals surface area contributed by atoms with Crippen LogP contribution in [0.1, 0.15) is 30.3 Å². The molecule has 0 aliphatic carbocycles. The molecule has 0 aromatic carbocycles. The first kappa shape index (κ1) is 12.4. The monoisotopic (exact) mass is 254 g/mol. The van der Waals surface area contributed by atoms with Crippen molar-refractivity contribution in [3.8, 4) is 0 Å². The molecule has 1 N–H and O–H groups in total. The van der Waals surface area contributed by atoms with Gasteiger partial charge in [-0.3, -0.25) is 4.79 Å². The number of rotatable bonds is 4. The van der Waals surface area contributed by atoms with E-state index in [1.54, 1.807) is 5.38 Å². The minimum atomic E-state index is 0.00632. The Bertz CT molecular complexity index is 348. The molecule has 0 saturated carbocycles. The van der Waals surface area contributed by atoms with Crippen molar-refractivity contribution in [3.05, 3.63) is 11.1 Å². The molecule has 0 spiro atoms. The lowest BCUT2D eigenvalue weighted by molar-refractivity contribution is 0.0723. The first-order chi connectivity index (χ1) is 8.31. The molecule has 1 aromatic rings. The van der Waals surface area contributed by atoms with Gasteiger partial charge in [0.15, 0.2) is 5.69 Å². The maximum Gasteiger partial charge on any atom is 0.275 e. The normalized spacial score (nSPS) is 20.2. The van der Waals surface area contributed by atoms with E-state index in [4.69, 9.17) is 0 Å². The van der Waals surface area contributed by atoms with Crippen molar-refractivity contribution in [1.29, 1.82) is 0 Å². The molecule has 1 aliphatic rings. The molecule has 1 aliphatic heterocycles. The van der Waals surface area contributed by atoms with Crippen LogP contribution in [0.4, 0.5) is 0 Å². The largest absolute Gasteiger partial charge is 0.337 e. The summed E-state index contributed by atoms with van der Waals surface area (Å²) in [5.74, 6) is 0.575. The van der Waals surface area contributed by atoms with Gasteiger partial charge in [0.2, 0.25) is 0 Å². The zero-order valence-corrected chi connectivity index (χ0v) is 10.9. The smallest absolute Gasteiger partial charge is 0.275 e. The van der Waals surface area contributed by atoms with Crippen molar-refractivity contribution in [3.63, 3.8) is 0 Å². The van der Waals surface area contributed by atoms with E-state index < -0.39 is 0 Å². The van der Waals surface area contributed by atoms with Crippen molar-refractivity contribution in [2.45, 2.75) is 19.8 Å². The molecule has 1 saturated heterocycles. The Morgan fingerprint density at radius 3 is 3.18 bits per heavy atom. The Morgan fingerprint density at radius 1 is 1.71 bits per heavy atom. The van der Waals surface area contributed by atoms with Gasteiger partial charge in [-0.2, -0.15) is 0 Å². The number of carbonyl (C=O) groups excluding carboxylic acids is 1. The molecule has 1 unspecified atom stereocenters. The van der Waals surface area contributed by atoms with Crippen LogP contribution in [0.2, 0.25) is 0 Å². The van der Waals surface area contributed by atoms with Crippen molar-refractivity contribution in [2.24, 2.45) is 5.92 Å². The minimum absolute atomic E-state index is 0.00632. The molecule has 6 heteroatoms. The van der Waals surface area contributed by atoms with E-state index in [0.717, 1.165) is 26.2 Å². The van der Waals surface area contributed by atoms with Crippen LogP contribution >= 0.6 is 11.5 Å². The van der Waals surface area contributed by atoms with Gasteiger partial charge in [0.1, 0.15) is 0 Å². The standard InChI is InChI=1S/C11H18N4OS/c1-2-15(7-9-4-3-5-12-6-9)11(16)10-8-17-14-13-10/h8-9,12H,2-7H2,1H3. The average molecular weight is 254 g/mol. The van der Waals surface area contributed by atoms with Crippen LogP contribution in [-0.2, 0) is 0 Å². The molecule has 1 amide bonds. The molecule has 0 bridgehead atoms. The molecule has 17 heavy (non-hydrogen) atoms. The molecule has 2 heterocycles. The van der Waals surface area contributed by atoms with Gasteiger partial charge >= 0.3 is 0 Å². The number of hydrogen-bond acceptors (Lipinski definition) is 5. The lowest BCUT2D eigenvalue weighted by atomic mass is 9.99. The molecular weight excluding hydrogens is 236 g/mol. The molecule has 1 aromatic heterocycles. The lowest BCUT2D eigenvalue weighted by Gasteiger charge is -2.29. The number of nitrogens with one attached hydrogen (secondary N) is 1. The van der Waals surface area contributed by atoms with E-state index >= 15 is 0 Å². The highest BCUT2D eigenvalue weighted by Gasteiger charge is 2.21. The summed E-state index contributed by atoms with van der Waals surface area (Å²) in [6, 6.07) is 0. The van der Waals surface area contributed by atoms with Gasteiger partial charge in [-0.25, -0.2) is 0 Å². The van der Waals surface area contributed by atoms with Crippen molar-refractivity contribution >= 4 is 17.4 Å². The maximum absolute atomic E-state index is 12.1. The molecule has 0 radical (unpaired) electrons. The second kappa shape index (κ2) is 6.07. The third-order valence-corrected chi connectivity index (χ3v) is 3.63. The third kappa shape index (κ3) is 3.23. The molecule has 2 rings (SSSR count). The zero-order valence-electron chi connectivity index (χ0n) is 10.1. The van der Waals surface area contributed by atoms with Crippen LogP contribution in [-0.4, -0.2) is 46.6 Å². The summed E-state index contributed by atoms with van der Waals surface area (Å²) in [5.41, 5.74) is 0.473. The van der Waals surface area contributed by atoms with Gasteiger partial charge in [-0.1, -0.05) is 4.49 Å². The van der Waals surface area contributed by atoms with Gasteiger partial charge in [0, 0.05) is 18.5 Å². The van der Waals surface area contributed by atoms with Crippen LogP contribution in [0.5, 0.6) is 0 Å². The van der Waals surface area contributed by atoms with Crippen LogP contribution in [0, 0.1) is 5.92 Å². The predicted molar refractivity (Wildman–Crippen MR) is 67.1 cm³/mol. The summed E-state index contributed by atoms with van der Waals surface area (Å²) in [6.07, 6.45) is 2.40. The molecule has 1 atom stereocenters. The van der Waals surface area contributed by atoms with Crippen LogP contribution in [0.15, 0.2) is 5.38 Å². The maximum atomic E-state index is 12.1. The van der Waals surface area contributed by atoms with E-state index in [0.29, 0.717) is 11.6 Å². The minimum Gasteiger partial charge on any atom is -0.337 e. The van der Waals surface area contributed by atoms with E-state index in [1.807, 2.05) is 11.8 Å². The number of nitrogens with zero attached hydrogens (tertiary/aromatic N) is 3.